The molecule has 0 fully saturated rings. The fourth-order valence-electron chi connectivity index (χ4n) is 4.20. The van der Waals surface area contributed by atoms with Crippen LogP contribution in [-0.4, -0.2) is 33.5 Å². The van der Waals surface area contributed by atoms with E-state index < -0.39 is 10.0 Å². The Balaban J connectivity index is 2.01. The number of benzene rings is 2. The molecule has 1 atom stereocenters. The largest absolute Gasteiger partial charge is 0.493 e. The van der Waals surface area contributed by atoms with Crippen LogP contribution in [0.2, 0.25) is 0 Å². The van der Waals surface area contributed by atoms with Crippen molar-refractivity contribution in [3.05, 3.63) is 53.1 Å². The van der Waals surface area contributed by atoms with Gasteiger partial charge in [0.05, 0.1) is 25.2 Å². The summed E-state index contributed by atoms with van der Waals surface area (Å²) in [5, 5.41) is 0. The van der Waals surface area contributed by atoms with Crippen LogP contribution in [0.1, 0.15) is 61.8 Å². The molecule has 1 aliphatic heterocycles. The maximum atomic E-state index is 13.6. The predicted octanol–water partition coefficient (Wildman–Crippen LogP) is 5.27. The summed E-state index contributed by atoms with van der Waals surface area (Å²) in [5.41, 5.74) is 3.22. The zero-order valence-electron chi connectivity index (χ0n) is 18.5. The molecule has 6 heteroatoms. The number of aryl methyl sites for hydroxylation is 1. The standard InChI is InChI=1S/C24H33NO4S/c1-5-6-7-8-9-22-21-17-24(29-4)23(28-3)16-19(21)14-15-25(22)30(26,27)20-12-10-18(2)11-13-20/h10-13,16-17,22H,5-9,14-15H2,1-4H3. The van der Waals surface area contributed by atoms with Crippen molar-refractivity contribution < 1.29 is 17.9 Å². The Bertz CT molecular complexity index is 954. The first-order valence-corrected chi connectivity index (χ1v) is 12.2. The lowest BCUT2D eigenvalue weighted by molar-refractivity contribution is 0.283. The van der Waals surface area contributed by atoms with Crippen molar-refractivity contribution in [1.82, 2.24) is 4.31 Å². The Kier molecular flexibility index (Phi) is 7.42. The zero-order valence-corrected chi connectivity index (χ0v) is 19.3. The lowest BCUT2D eigenvalue weighted by Crippen LogP contribution is -2.40. The minimum Gasteiger partial charge on any atom is -0.493 e. The maximum absolute atomic E-state index is 13.6. The van der Waals surface area contributed by atoms with Gasteiger partial charge >= 0.3 is 0 Å². The van der Waals surface area contributed by atoms with Crippen molar-refractivity contribution in [3.8, 4) is 11.5 Å². The van der Waals surface area contributed by atoms with E-state index in [0.29, 0.717) is 29.4 Å². The molecule has 2 aromatic rings. The molecule has 0 saturated carbocycles. The average molecular weight is 432 g/mol. The molecule has 0 N–H and O–H groups in total. The minimum atomic E-state index is -3.59. The van der Waals surface area contributed by atoms with E-state index in [-0.39, 0.29) is 6.04 Å². The van der Waals surface area contributed by atoms with E-state index in [2.05, 4.69) is 6.92 Å². The Morgan fingerprint density at radius 1 is 1.00 bits per heavy atom. The summed E-state index contributed by atoms with van der Waals surface area (Å²) in [6.45, 7) is 4.61. The molecule has 0 spiro atoms. The van der Waals surface area contributed by atoms with Crippen LogP contribution in [0.15, 0.2) is 41.3 Å². The summed E-state index contributed by atoms with van der Waals surface area (Å²) in [6.07, 6.45) is 5.87. The van der Waals surface area contributed by atoms with Crippen LogP contribution in [0.5, 0.6) is 11.5 Å². The van der Waals surface area contributed by atoms with Crippen LogP contribution in [0.25, 0.3) is 0 Å². The second kappa shape index (κ2) is 9.84. The minimum absolute atomic E-state index is 0.197. The molecule has 164 valence electrons. The highest BCUT2D eigenvalue weighted by Crippen LogP contribution is 2.42. The monoisotopic (exact) mass is 431 g/mol. The van der Waals surface area contributed by atoms with Crippen LogP contribution >= 0.6 is 0 Å². The highest BCUT2D eigenvalue weighted by molar-refractivity contribution is 7.89. The molecule has 0 saturated heterocycles. The van der Waals surface area contributed by atoms with Gasteiger partial charge < -0.3 is 9.47 Å². The molecule has 2 aromatic carbocycles. The highest BCUT2D eigenvalue weighted by Gasteiger charge is 2.36. The maximum Gasteiger partial charge on any atom is 0.243 e. The number of hydrogen-bond donors (Lipinski definition) is 0. The quantitative estimate of drug-likeness (QED) is 0.508. The summed E-state index contributed by atoms with van der Waals surface area (Å²) in [7, 11) is -0.344. The molecular formula is C24H33NO4S. The third-order valence-corrected chi connectivity index (χ3v) is 7.83. The van der Waals surface area contributed by atoms with E-state index in [1.807, 2.05) is 31.2 Å². The molecule has 0 bridgehead atoms. The molecule has 0 aromatic heterocycles. The Morgan fingerprint density at radius 2 is 1.67 bits per heavy atom. The van der Waals surface area contributed by atoms with E-state index in [4.69, 9.17) is 9.47 Å². The number of methoxy groups -OCH3 is 2. The van der Waals surface area contributed by atoms with Gasteiger partial charge in [-0.05, 0) is 55.2 Å². The van der Waals surface area contributed by atoms with Gasteiger partial charge in [-0.3, -0.25) is 0 Å². The van der Waals surface area contributed by atoms with Crippen molar-refractivity contribution in [2.24, 2.45) is 0 Å². The van der Waals surface area contributed by atoms with Crippen LogP contribution < -0.4 is 9.47 Å². The van der Waals surface area contributed by atoms with Gasteiger partial charge in [0.25, 0.3) is 0 Å². The molecule has 0 aliphatic carbocycles. The van der Waals surface area contributed by atoms with E-state index in [0.717, 1.165) is 48.8 Å². The van der Waals surface area contributed by atoms with E-state index in [9.17, 15) is 8.42 Å². The first kappa shape index (κ1) is 22.6. The van der Waals surface area contributed by atoms with E-state index in [1.54, 1.807) is 30.7 Å². The van der Waals surface area contributed by atoms with Gasteiger partial charge in [0.2, 0.25) is 10.0 Å². The van der Waals surface area contributed by atoms with Crippen LogP contribution in [0.3, 0.4) is 0 Å². The number of ether oxygens (including phenoxy) is 2. The fraction of sp³-hybridized carbons (Fsp3) is 0.500. The molecule has 0 radical (unpaired) electrons. The van der Waals surface area contributed by atoms with Gasteiger partial charge in [0, 0.05) is 6.54 Å². The highest BCUT2D eigenvalue weighted by atomic mass is 32.2. The summed E-state index contributed by atoms with van der Waals surface area (Å²) in [6, 6.07) is 10.9. The van der Waals surface area contributed by atoms with Crippen molar-refractivity contribution >= 4 is 10.0 Å². The molecule has 1 heterocycles. The normalized spacial score (nSPS) is 16.9. The Morgan fingerprint density at radius 3 is 2.30 bits per heavy atom. The summed E-state index contributed by atoms with van der Waals surface area (Å²) in [4.78, 5) is 0.357. The van der Waals surface area contributed by atoms with Gasteiger partial charge in [-0.25, -0.2) is 8.42 Å². The third kappa shape index (κ3) is 4.65. The molecule has 5 nitrogen and oxygen atoms in total. The van der Waals surface area contributed by atoms with Crippen LogP contribution in [0, 0.1) is 6.92 Å². The first-order chi connectivity index (χ1) is 14.4. The van der Waals surface area contributed by atoms with Gasteiger partial charge in [-0.2, -0.15) is 4.31 Å². The molecule has 30 heavy (non-hydrogen) atoms. The van der Waals surface area contributed by atoms with Gasteiger partial charge in [0.1, 0.15) is 0 Å². The van der Waals surface area contributed by atoms with Crippen molar-refractivity contribution in [3.63, 3.8) is 0 Å². The molecule has 1 unspecified atom stereocenters. The number of rotatable bonds is 9. The number of hydrogen-bond acceptors (Lipinski definition) is 4. The van der Waals surface area contributed by atoms with Crippen LogP contribution in [-0.2, 0) is 16.4 Å². The second-order valence-electron chi connectivity index (χ2n) is 7.95. The van der Waals surface area contributed by atoms with E-state index in [1.165, 1.54) is 0 Å². The third-order valence-electron chi connectivity index (χ3n) is 5.91. The molecule has 3 rings (SSSR count). The van der Waals surface area contributed by atoms with Crippen LogP contribution in [0.4, 0.5) is 0 Å². The zero-order chi connectivity index (χ0) is 21.7. The van der Waals surface area contributed by atoms with Crippen molar-refractivity contribution in [2.75, 3.05) is 20.8 Å². The van der Waals surface area contributed by atoms with E-state index >= 15 is 0 Å². The number of nitrogens with zero attached hydrogens (tertiary/aromatic N) is 1. The molecule has 1 aliphatic rings. The Labute approximate surface area is 181 Å². The number of unbranched alkanes of at least 4 members (excludes halogenated alkanes) is 3. The second-order valence-corrected chi connectivity index (χ2v) is 9.84. The fourth-order valence-corrected chi connectivity index (χ4v) is 5.84. The average Bonchev–Trinajstić information content (AvgIpc) is 2.75. The SMILES string of the molecule is CCCCCCC1c2cc(OC)c(OC)cc2CCN1S(=O)(=O)c1ccc(C)cc1. The number of sulfonamides is 1. The van der Waals surface area contributed by atoms with Gasteiger partial charge in [-0.15, -0.1) is 0 Å². The summed E-state index contributed by atoms with van der Waals surface area (Å²) >= 11 is 0. The van der Waals surface area contributed by atoms with Gasteiger partial charge in [0.15, 0.2) is 11.5 Å². The lowest BCUT2D eigenvalue weighted by Gasteiger charge is -2.37. The summed E-state index contributed by atoms with van der Waals surface area (Å²) in [5.74, 6) is 1.33. The topological polar surface area (TPSA) is 55.8 Å². The van der Waals surface area contributed by atoms with Gasteiger partial charge in [-0.1, -0.05) is 50.3 Å². The first-order valence-electron chi connectivity index (χ1n) is 10.8. The Hall–Kier alpha value is -2.05. The molecular weight excluding hydrogens is 398 g/mol. The number of fused-ring (bicyclic) bond motifs is 1. The van der Waals surface area contributed by atoms with Crippen molar-refractivity contribution in [2.45, 2.75) is 63.3 Å². The predicted molar refractivity (Wildman–Crippen MR) is 120 cm³/mol. The summed E-state index contributed by atoms with van der Waals surface area (Å²) < 4.78 is 39.8. The van der Waals surface area contributed by atoms with Crippen molar-refractivity contribution in [1.29, 1.82) is 0 Å². The molecule has 0 amide bonds. The smallest absolute Gasteiger partial charge is 0.243 e. The lowest BCUT2D eigenvalue weighted by atomic mass is 9.90.